The summed E-state index contributed by atoms with van der Waals surface area (Å²) < 4.78 is 0.785. The van der Waals surface area contributed by atoms with Gasteiger partial charge in [0.1, 0.15) is 5.75 Å². The van der Waals surface area contributed by atoms with Crippen LogP contribution in [0.1, 0.15) is 38.7 Å². The Morgan fingerprint density at radius 3 is 2.59 bits per heavy atom. The maximum Gasteiger partial charge on any atom is 0.134 e. The number of likely N-dealkylation sites (tertiary alicyclic amines) is 1. The summed E-state index contributed by atoms with van der Waals surface area (Å²) in [5.41, 5.74) is 1.01. The Kier molecular flexibility index (Phi) is 4.10. The summed E-state index contributed by atoms with van der Waals surface area (Å²) in [5, 5.41) is 10.0. The molecule has 1 aromatic rings. The third-order valence-corrected chi connectivity index (χ3v) is 4.44. The molecule has 0 amide bonds. The van der Waals surface area contributed by atoms with Crippen molar-refractivity contribution in [1.29, 1.82) is 0 Å². The maximum absolute atomic E-state index is 10.0. The smallest absolute Gasteiger partial charge is 0.134 e. The molecule has 0 spiro atoms. The zero-order valence-electron chi connectivity index (χ0n) is 10.5. The van der Waals surface area contributed by atoms with E-state index in [2.05, 4.69) is 34.7 Å². The molecule has 2 rings (SSSR count). The molecule has 1 heterocycles. The van der Waals surface area contributed by atoms with Crippen molar-refractivity contribution in [3.05, 3.63) is 28.2 Å². The summed E-state index contributed by atoms with van der Waals surface area (Å²) in [7, 11) is 0. The van der Waals surface area contributed by atoms with Crippen molar-refractivity contribution in [1.82, 2.24) is 4.90 Å². The van der Waals surface area contributed by atoms with E-state index < -0.39 is 0 Å². The number of aromatic hydroxyl groups is 1. The molecule has 1 aliphatic rings. The Morgan fingerprint density at radius 1 is 1.29 bits per heavy atom. The lowest BCUT2D eigenvalue weighted by atomic mass is 9.96. The average Bonchev–Trinajstić information content (AvgIpc) is 2.29. The van der Waals surface area contributed by atoms with Gasteiger partial charge in [-0.3, -0.25) is 4.90 Å². The minimum atomic E-state index is 0.387. The molecular formula is C14H20BrNO. The average molecular weight is 298 g/mol. The number of hydrogen-bond donors (Lipinski definition) is 1. The standard InChI is InChI=1S/C14H20BrNO/c1-10-5-3-6-11(2)16(10)9-12-7-4-8-13(15)14(12)17/h4,7-8,10-11,17H,3,5-6,9H2,1-2H3/t10-,11+. The van der Waals surface area contributed by atoms with Gasteiger partial charge in [-0.25, -0.2) is 0 Å². The number of piperidine rings is 1. The highest BCUT2D eigenvalue weighted by Gasteiger charge is 2.25. The Bertz CT molecular complexity index is 384. The van der Waals surface area contributed by atoms with Crippen LogP contribution in [0.5, 0.6) is 5.75 Å². The highest BCUT2D eigenvalue weighted by Crippen LogP contribution is 2.31. The second-order valence-corrected chi connectivity index (χ2v) is 5.90. The van der Waals surface area contributed by atoms with Gasteiger partial charge in [-0.15, -0.1) is 0 Å². The molecule has 3 heteroatoms. The van der Waals surface area contributed by atoms with Crippen molar-refractivity contribution in [3.63, 3.8) is 0 Å². The molecular weight excluding hydrogens is 278 g/mol. The fourth-order valence-corrected chi connectivity index (χ4v) is 3.08. The molecule has 94 valence electrons. The molecule has 1 N–H and O–H groups in total. The van der Waals surface area contributed by atoms with Crippen molar-refractivity contribution in [2.24, 2.45) is 0 Å². The highest BCUT2D eigenvalue weighted by atomic mass is 79.9. The zero-order chi connectivity index (χ0) is 12.4. The second-order valence-electron chi connectivity index (χ2n) is 5.05. The molecule has 1 saturated heterocycles. The van der Waals surface area contributed by atoms with Gasteiger partial charge in [-0.1, -0.05) is 18.6 Å². The highest BCUT2D eigenvalue weighted by molar-refractivity contribution is 9.10. The van der Waals surface area contributed by atoms with E-state index >= 15 is 0 Å². The summed E-state index contributed by atoms with van der Waals surface area (Å²) >= 11 is 3.37. The third-order valence-electron chi connectivity index (χ3n) is 3.80. The first-order chi connectivity index (χ1) is 8.09. The molecule has 1 fully saturated rings. The maximum atomic E-state index is 10.0. The molecule has 0 aliphatic carbocycles. The zero-order valence-corrected chi connectivity index (χ0v) is 12.1. The van der Waals surface area contributed by atoms with E-state index in [4.69, 9.17) is 0 Å². The Hall–Kier alpha value is -0.540. The first-order valence-corrected chi connectivity index (χ1v) is 7.11. The monoisotopic (exact) mass is 297 g/mol. The van der Waals surface area contributed by atoms with Crippen LogP contribution in [0.25, 0.3) is 0 Å². The molecule has 0 unspecified atom stereocenters. The second kappa shape index (κ2) is 5.40. The molecule has 1 aliphatic heterocycles. The third kappa shape index (κ3) is 2.83. The summed E-state index contributed by atoms with van der Waals surface area (Å²) in [6.07, 6.45) is 3.85. The fourth-order valence-electron chi connectivity index (χ4n) is 2.67. The normalized spacial score (nSPS) is 26.1. The van der Waals surface area contributed by atoms with E-state index in [1.807, 2.05) is 18.2 Å². The van der Waals surface area contributed by atoms with E-state index in [1.165, 1.54) is 19.3 Å². The van der Waals surface area contributed by atoms with Crippen molar-refractivity contribution in [3.8, 4) is 5.75 Å². The number of hydrogen-bond acceptors (Lipinski definition) is 2. The fraction of sp³-hybridized carbons (Fsp3) is 0.571. The summed E-state index contributed by atoms with van der Waals surface area (Å²) in [6, 6.07) is 7.09. The van der Waals surface area contributed by atoms with Crippen LogP contribution in [0.2, 0.25) is 0 Å². The minimum absolute atomic E-state index is 0.387. The lowest BCUT2D eigenvalue weighted by Gasteiger charge is -2.39. The van der Waals surface area contributed by atoms with E-state index in [0.29, 0.717) is 17.8 Å². The van der Waals surface area contributed by atoms with E-state index in [1.54, 1.807) is 0 Å². The number of halogens is 1. The van der Waals surface area contributed by atoms with Crippen molar-refractivity contribution < 1.29 is 5.11 Å². The van der Waals surface area contributed by atoms with Crippen LogP contribution in [0.4, 0.5) is 0 Å². The Labute approximate surface area is 112 Å². The Balaban J connectivity index is 2.16. The molecule has 0 bridgehead atoms. The number of rotatable bonds is 2. The van der Waals surface area contributed by atoms with Crippen LogP contribution in [0.3, 0.4) is 0 Å². The van der Waals surface area contributed by atoms with Gasteiger partial charge in [0.05, 0.1) is 4.47 Å². The van der Waals surface area contributed by atoms with Crippen LogP contribution in [0, 0.1) is 0 Å². The number of para-hydroxylation sites is 1. The predicted octanol–water partition coefficient (Wildman–Crippen LogP) is 3.92. The largest absolute Gasteiger partial charge is 0.506 e. The van der Waals surface area contributed by atoms with Gasteiger partial charge >= 0.3 is 0 Å². The molecule has 2 nitrogen and oxygen atoms in total. The number of nitrogens with zero attached hydrogens (tertiary/aromatic N) is 1. The van der Waals surface area contributed by atoms with Gasteiger partial charge in [0.2, 0.25) is 0 Å². The summed E-state index contributed by atoms with van der Waals surface area (Å²) in [6.45, 7) is 5.41. The van der Waals surface area contributed by atoms with E-state index in [0.717, 1.165) is 16.6 Å². The van der Waals surface area contributed by atoms with Crippen LogP contribution in [-0.2, 0) is 6.54 Å². The lowest BCUT2D eigenvalue weighted by Crippen LogP contribution is -2.42. The van der Waals surface area contributed by atoms with E-state index in [-0.39, 0.29) is 0 Å². The quantitative estimate of drug-likeness (QED) is 0.894. The van der Waals surface area contributed by atoms with Crippen LogP contribution < -0.4 is 0 Å². The van der Waals surface area contributed by atoms with Gasteiger partial charge in [-0.2, -0.15) is 0 Å². The summed E-state index contributed by atoms with van der Waals surface area (Å²) in [5.74, 6) is 0.387. The molecule has 1 aromatic carbocycles. The van der Waals surface area contributed by atoms with Gasteiger partial charge in [0, 0.05) is 24.2 Å². The number of phenolic OH excluding ortho intramolecular Hbond substituents is 1. The number of phenols is 1. The first kappa shape index (κ1) is 12.9. The number of benzene rings is 1. The van der Waals surface area contributed by atoms with Crippen molar-refractivity contribution in [2.45, 2.75) is 51.7 Å². The van der Waals surface area contributed by atoms with Crippen LogP contribution >= 0.6 is 15.9 Å². The first-order valence-electron chi connectivity index (χ1n) is 6.31. The summed E-state index contributed by atoms with van der Waals surface area (Å²) in [4.78, 5) is 2.49. The van der Waals surface area contributed by atoms with Gasteiger partial charge in [0.15, 0.2) is 0 Å². The molecule has 0 radical (unpaired) electrons. The van der Waals surface area contributed by atoms with Crippen molar-refractivity contribution in [2.75, 3.05) is 0 Å². The SMILES string of the molecule is C[C@@H]1CCC[C@H](C)N1Cc1cccc(Br)c1O. The Morgan fingerprint density at radius 2 is 1.94 bits per heavy atom. The molecule has 0 saturated carbocycles. The van der Waals surface area contributed by atoms with Gasteiger partial charge < -0.3 is 5.11 Å². The lowest BCUT2D eigenvalue weighted by molar-refractivity contribution is 0.0943. The van der Waals surface area contributed by atoms with Gasteiger partial charge in [-0.05, 0) is 48.7 Å². The van der Waals surface area contributed by atoms with E-state index in [9.17, 15) is 5.11 Å². The van der Waals surface area contributed by atoms with Crippen molar-refractivity contribution >= 4 is 15.9 Å². The molecule has 17 heavy (non-hydrogen) atoms. The minimum Gasteiger partial charge on any atom is -0.506 e. The van der Waals surface area contributed by atoms with Gasteiger partial charge in [0.25, 0.3) is 0 Å². The predicted molar refractivity (Wildman–Crippen MR) is 74.1 cm³/mol. The topological polar surface area (TPSA) is 23.5 Å². The van der Waals surface area contributed by atoms with Crippen LogP contribution in [-0.4, -0.2) is 22.1 Å². The molecule has 0 aromatic heterocycles. The van der Waals surface area contributed by atoms with Crippen LogP contribution in [0.15, 0.2) is 22.7 Å². The molecule has 2 atom stereocenters.